The second-order valence-electron chi connectivity index (χ2n) is 4.93. The molecule has 2 atom stereocenters. The molecule has 0 heterocycles. The van der Waals surface area contributed by atoms with Crippen LogP contribution in [0.15, 0.2) is 24.3 Å². The summed E-state index contributed by atoms with van der Waals surface area (Å²) in [6.07, 6.45) is 4.37. The number of aliphatic hydroxyl groups excluding tert-OH is 1. The van der Waals surface area contributed by atoms with Gasteiger partial charge in [-0.1, -0.05) is 25.0 Å². The average molecular weight is 237 g/mol. The van der Waals surface area contributed by atoms with Crippen molar-refractivity contribution in [1.82, 2.24) is 5.32 Å². The molecule has 0 saturated heterocycles. The highest BCUT2D eigenvalue weighted by Crippen LogP contribution is 2.22. The molecular weight excluding hydrogens is 217 g/mol. The van der Waals surface area contributed by atoms with Crippen molar-refractivity contribution in [3.05, 3.63) is 35.6 Å². The van der Waals surface area contributed by atoms with Crippen LogP contribution in [0.25, 0.3) is 0 Å². The molecule has 0 radical (unpaired) electrons. The van der Waals surface area contributed by atoms with Crippen LogP contribution in [0, 0.1) is 5.82 Å². The first-order valence-corrected chi connectivity index (χ1v) is 6.36. The second-order valence-corrected chi connectivity index (χ2v) is 4.93. The van der Waals surface area contributed by atoms with E-state index >= 15 is 0 Å². The molecule has 2 N–H and O–H groups in total. The van der Waals surface area contributed by atoms with E-state index in [4.69, 9.17) is 0 Å². The molecule has 1 aromatic carbocycles. The zero-order valence-corrected chi connectivity index (χ0v) is 10.2. The van der Waals surface area contributed by atoms with Gasteiger partial charge in [0.05, 0.1) is 6.10 Å². The molecule has 0 spiro atoms. The van der Waals surface area contributed by atoms with Crippen LogP contribution in [-0.2, 0) is 0 Å². The third-order valence-corrected chi connectivity index (χ3v) is 3.54. The first-order valence-electron chi connectivity index (χ1n) is 6.36. The van der Waals surface area contributed by atoms with Crippen molar-refractivity contribution in [2.45, 2.75) is 50.8 Å². The van der Waals surface area contributed by atoms with Crippen molar-refractivity contribution in [3.8, 4) is 0 Å². The number of benzene rings is 1. The van der Waals surface area contributed by atoms with Gasteiger partial charge in [-0.25, -0.2) is 4.39 Å². The summed E-state index contributed by atoms with van der Waals surface area (Å²) >= 11 is 0. The number of aliphatic hydroxyl groups is 1. The Bertz CT molecular complexity index is 346. The topological polar surface area (TPSA) is 32.3 Å². The molecule has 0 bridgehead atoms. The molecule has 1 saturated carbocycles. The Balaban J connectivity index is 1.93. The lowest BCUT2D eigenvalue weighted by Gasteiger charge is -2.24. The van der Waals surface area contributed by atoms with E-state index in [1.165, 1.54) is 37.8 Å². The molecule has 94 valence electrons. The lowest BCUT2D eigenvalue weighted by molar-refractivity contribution is 0.129. The molecule has 2 nitrogen and oxygen atoms in total. The smallest absolute Gasteiger partial charge is 0.123 e. The van der Waals surface area contributed by atoms with Crippen LogP contribution in [0.4, 0.5) is 4.39 Å². The van der Waals surface area contributed by atoms with Crippen molar-refractivity contribution in [3.63, 3.8) is 0 Å². The maximum atomic E-state index is 12.8. The molecular formula is C14H20FNO. The van der Waals surface area contributed by atoms with Crippen LogP contribution in [0.1, 0.15) is 44.3 Å². The Labute approximate surface area is 102 Å². The molecule has 3 heteroatoms. The third-order valence-electron chi connectivity index (χ3n) is 3.54. The standard InChI is InChI=1S/C14H20FNO/c1-10(16-13-4-2-3-5-13)14(17)11-6-8-12(15)9-7-11/h6-10,13-14,16-17H,2-5H2,1H3. The van der Waals surface area contributed by atoms with Gasteiger partial charge in [0.1, 0.15) is 5.82 Å². The molecule has 1 aliphatic carbocycles. The number of rotatable bonds is 4. The lowest BCUT2D eigenvalue weighted by atomic mass is 10.0. The Hall–Kier alpha value is -0.930. The summed E-state index contributed by atoms with van der Waals surface area (Å²) in [6.45, 7) is 1.98. The van der Waals surface area contributed by atoms with E-state index < -0.39 is 6.10 Å². The summed E-state index contributed by atoms with van der Waals surface area (Å²) in [4.78, 5) is 0. The predicted octanol–water partition coefficient (Wildman–Crippen LogP) is 2.78. The fourth-order valence-corrected chi connectivity index (χ4v) is 2.50. The van der Waals surface area contributed by atoms with Gasteiger partial charge in [0.25, 0.3) is 0 Å². The van der Waals surface area contributed by atoms with E-state index in [-0.39, 0.29) is 11.9 Å². The lowest BCUT2D eigenvalue weighted by Crippen LogP contribution is -2.38. The molecule has 1 aromatic rings. The van der Waals surface area contributed by atoms with Crippen molar-refractivity contribution < 1.29 is 9.50 Å². The van der Waals surface area contributed by atoms with E-state index in [9.17, 15) is 9.50 Å². The van der Waals surface area contributed by atoms with Crippen molar-refractivity contribution in [2.24, 2.45) is 0 Å². The van der Waals surface area contributed by atoms with Crippen LogP contribution in [0.2, 0.25) is 0 Å². The van der Waals surface area contributed by atoms with Gasteiger partial charge in [-0.15, -0.1) is 0 Å². The van der Waals surface area contributed by atoms with Crippen molar-refractivity contribution in [1.29, 1.82) is 0 Å². The Morgan fingerprint density at radius 2 is 1.82 bits per heavy atom. The number of hydrogen-bond acceptors (Lipinski definition) is 2. The minimum Gasteiger partial charge on any atom is -0.387 e. The molecule has 0 aliphatic heterocycles. The summed E-state index contributed by atoms with van der Waals surface area (Å²) in [5.41, 5.74) is 0.768. The quantitative estimate of drug-likeness (QED) is 0.844. The first kappa shape index (κ1) is 12.5. The van der Waals surface area contributed by atoms with Gasteiger partial charge in [0.2, 0.25) is 0 Å². The fraction of sp³-hybridized carbons (Fsp3) is 0.571. The molecule has 1 aliphatic rings. The van der Waals surface area contributed by atoms with E-state index in [0.717, 1.165) is 5.56 Å². The highest BCUT2D eigenvalue weighted by Gasteiger charge is 2.22. The summed E-state index contributed by atoms with van der Waals surface area (Å²) < 4.78 is 12.8. The largest absolute Gasteiger partial charge is 0.387 e. The first-order chi connectivity index (χ1) is 8.16. The van der Waals surface area contributed by atoms with Gasteiger partial charge >= 0.3 is 0 Å². The average Bonchev–Trinajstić information content (AvgIpc) is 2.82. The highest BCUT2D eigenvalue weighted by atomic mass is 19.1. The van der Waals surface area contributed by atoms with Crippen LogP contribution >= 0.6 is 0 Å². The molecule has 0 aromatic heterocycles. The summed E-state index contributed by atoms with van der Waals surface area (Å²) in [6, 6.07) is 6.60. The Morgan fingerprint density at radius 3 is 2.41 bits per heavy atom. The van der Waals surface area contributed by atoms with Gasteiger partial charge in [-0.05, 0) is 37.5 Å². The Morgan fingerprint density at radius 1 is 1.24 bits per heavy atom. The van der Waals surface area contributed by atoms with Crippen molar-refractivity contribution in [2.75, 3.05) is 0 Å². The van der Waals surface area contributed by atoms with Gasteiger partial charge in [-0.3, -0.25) is 0 Å². The van der Waals surface area contributed by atoms with E-state index in [0.29, 0.717) is 6.04 Å². The fourth-order valence-electron chi connectivity index (χ4n) is 2.50. The van der Waals surface area contributed by atoms with Gasteiger partial charge < -0.3 is 10.4 Å². The second kappa shape index (κ2) is 5.61. The molecule has 1 fully saturated rings. The van der Waals surface area contributed by atoms with Gasteiger partial charge in [0, 0.05) is 12.1 Å². The monoisotopic (exact) mass is 237 g/mol. The van der Waals surface area contributed by atoms with Gasteiger partial charge in [-0.2, -0.15) is 0 Å². The molecule has 17 heavy (non-hydrogen) atoms. The summed E-state index contributed by atoms with van der Waals surface area (Å²) in [5.74, 6) is -0.266. The van der Waals surface area contributed by atoms with Crippen LogP contribution in [0.5, 0.6) is 0 Å². The third kappa shape index (κ3) is 3.27. The van der Waals surface area contributed by atoms with Crippen LogP contribution in [0.3, 0.4) is 0 Å². The van der Waals surface area contributed by atoms with Crippen LogP contribution in [-0.4, -0.2) is 17.2 Å². The minimum atomic E-state index is -0.573. The highest BCUT2D eigenvalue weighted by molar-refractivity contribution is 5.19. The maximum Gasteiger partial charge on any atom is 0.123 e. The predicted molar refractivity (Wildman–Crippen MR) is 66.2 cm³/mol. The van der Waals surface area contributed by atoms with Gasteiger partial charge in [0.15, 0.2) is 0 Å². The zero-order valence-electron chi connectivity index (χ0n) is 10.2. The summed E-state index contributed by atoms with van der Waals surface area (Å²) in [7, 11) is 0. The number of nitrogens with one attached hydrogen (secondary N) is 1. The molecule has 0 amide bonds. The Kier molecular flexibility index (Phi) is 4.13. The minimum absolute atomic E-state index is 0.00330. The number of hydrogen-bond donors (Lipinski definition) is 2. The SMILES string of the molecule is CC(NC1CCCC1)C(O)c1ccc(F)cc1. The van der Waals surface area contributed by atoms with Crippen molar-refractivity contribution >= 4 is 0 Å². The maximum absolute atomic E-state index is 12.8. The number of halogens is 1. The summed E-state index contributed by atoms with van der Waals surface area (Å²) in [5, 5.41) is 13.6. The van der Waals surface area contributed by atoms with E-state index in [1.54, 1.807) is 12.1 Å². The zero-order chi connectivity index (χ0) is 12.3. The molecule has 2 rings (SSSR count). The van der Waals surface area contributed by atoms with Crippen LogP contribution < -0.4 is 5.32 Å². The van der Waals surface area contributed by atoms with E-state index in [2.05, 4.69) is 5.32 Å². The molecule has 2 unspecified atom stereocenters. The normalized spacial score (nSPS) is 20.4. The van der Waals surface area contributed by atoms with E-state index in [1.807, 2.05) is 6.92 Å².